The van der Waals surface area contributed by atoms with Gasteiger partial charge >= 0.3 is 0 Å². The number of nitrogens with two attached hydrogens (primary N) is 1. The lowest BCUT2D eigenvalue weighted by Gasteiger charge is -2.20. The minimum absolute atomic E-state index is 0.108. The zero-order valence-corrected chi connectivity index (χ0v) is 10.7. The highest BCUT2D eigenvalue weighted by atomic mass is 16.3. The van der Waals surface area contributed by atoms with Gasteiger partial charge in [0.2, 0.25) is 5.91 Å². The number of amides is 1. The van der Waals surface area contributed by atoms with Crippen molar-refractivity contribution in [3.8, 4) is 0 Å². The maximum Gasteiger partial charge on any atom is 0.217 e. The fraction of sp³-hybridized carbons (Fsp3) is 0.500. The quantitative estimate of drug-likeness (QED) is 0.841. The number of benzene rings is 1. The van der Waals surface area contributed by atoms with Crippen LogP contribution in [0.4, 0.5) is 0 Å². The number of hydrogen-bond acceptors (Lipinski definition) is 2. The van der Waals surface area contributed by atoms with E-state index in [1.165, 1.54) is 5.56 Å². The van der Waals surface area contributed by atoms with Crippen LogP contribution < -0.4 is 5.73 Å². The zero-order chi connectivity index (χ0) is 13.1. The highest BCUT2D eigenvalue weighted by Crippen LogP contribution is 2.25. The molecule has 17 heavy (non-hydrogen) atoms. The predicted molar refractivity (Wildman–Crippen MR) is 68.5 cm³/mol. The summed E-state index contributed by atoms with van der Waals surface area (Å²) in [5.41, 5.74) is 7.22. The molecule has 0 spiro atoms. The summed E-state index contributed by atoms with van der Waals surface area (Å²) < 4.78 is 0. The van der Waals surface area contributed by atoms with Crippen molar-refractivity contribution < 1.29 is 9.90 Å². The molecule has 1 atom stereocenters. The molecule has 1 aromatic rings. The summed E-state index contributed by atoms with van der Waals surface area (Å²) in [6, 6.07) is 7.85. The Hall–Kier alpha value is -1.35. The minimum atomic E-state index is -0.614. The van der Waals surface area contributed by atoms with Crippen molar-refractivity contribution in [3.05, 3.63) is 35.4 Å². The van der Waals surface area contributed by atoms with Gasteiger partial charge in [-0.15, -0.1) is 0 Å². The Kier molecular flexibility index (Phi) is 4.29. The third-order valence-corrected chi connectivity index (χ3v) is 2.83. The lowest BCUT2D eigenvalue weighted by Crippen LogP contribution is -2.13. The van der Waals surface area contributed by atoms with Crippen molar-refractivity contribution in [2.75, 3.05) is 0 Å². The van der Waals surface area contributed by atoms with Gasteiger partial charge in [0.15, 0.2) is 0 Å². The molecular weight excluding hydrogens is 214 g/mol. The summed E-state index contributed by atoms with van der Waals surface area (Å²) in [4.78, 5) is 10.6. The van der Waals surface area contributed by atoms with Crippen LogP contribution in [0.15, 0.2) is 24.3 Å². The summed E-state index contributed by atoms with van der Waals surface area (Å²) in [6.45, 7) is 6.43. The standard InChI is InChI=1S/C14H21NO2/c1-14(2,3)11-6-4-10(5-7-11)12(16)8-9-13(15)17/h4-7,12,16H,8-9H2,1-3H3,(H2,15,17). The number of carbonyl (C=O) groups excluding carboxylic acids is 1. The molecule has 0 radical (unpaired) electrons. The Bertz CT molecular complexity index is 376. The van der Waals surface area contributed by atoms with Gasteiger partial charge in [-0.3, -0.25) is 4.79 Å². The van der Waals surface area contributed by atoms with Crippen LogP contribution in [0.1, 0.15) is 50.8 Å². The number of aliphatic hydroxyl groups is 1. The van der Waals surface area contributed by atoms with E-state index in [0.717, 1.165) is 5.56 Å². The van der Waals surface area contributed by atoms with Crippen LogP contribution in [-0.2, 0) is 10.2 Å². The molecule has 0 heterocycles. The van der Waals surface area contributed by atoms with E-state index in [1.54, 1.807) is 0 Å². The van der Waals surface area contributed by atoms with Gasteiger partial charge < -0.3 is 10.8 Å². The zero-order valence-electron chi connectivity index (χ0n) is 10.7. The molecule has 1 aromatic carbocycles. The van der Waals surface area contributed by atoms with Gasteiger partial charge in [-0.25, -0.2) is 0 Å². The lowest BCUT2D eigenvalue weighted by atomic mass is 9.86. The molecular formula is C14H21NO2. The third kappa shape index (κ3) is 4.19. The molecule has 94 valence electrons. The van der Waals surface area contributed by atoms with Gasteiger partial charge in [-0.1, -0.05) is 45.0 Å². The first-order chi connectivity index (χ1) is 7.80. The predicted octanol–water partition coefficient (Wildman–Crippen LogP) is 2.28. The van der Waals surface area contributed by atoms with Gasteiger partial charge in [0.1, 0.15) is 0 Å². The van der Waals surface area contributed by atoms with Crippen LogP contribution in [0.3, 0.4) is 0 Å². The molecule has 0 aromatic heterocycles. The number of hydrogen-bond donors (Lipinski definition) is 2. The van der Waals surface area contributed by atoms with Gasteiger partial charge in [0.05, 0.1) is 6.10 Å². The maximum absolute atomic E-state index is 10.6. The van der Waals surface area contributed by atoms with E-state index in [2.05, 4.69) is 20.8 Å². The molecule has 3 nitrogen and oxygen atoms in total. The summed E-state index contributed by atoms with van der Waals surface area (Å²) >= 11 is 0. The fourth-order valence-corrected chi connectivity index (χ4v) is 1.65. The second-order valence-electron chi connectivity index (χ2n) is 5.39. The highest BCUT2D eigenvalue weighted by molar-refractivity contribution is 5.73. The van der Waals surface area contributed by atoms with Crippen LogP contribution in [-0.4, -0.2) is 11.0 Å². The van der Waals surface area contributed by atoms with Crippen molar-refractivity contribution in [2.24, 2.45) is 5.73 Å². The van der Waals surface area contributed by atoms with Crippen molar-refractivity contribution in [1.82, 2.24) is 0 Å². The normalized spacial score (nSPS) is 13.4. The molecule has 1 rings (SSSR count). The molecule has 0 fully saturated rings. The lowest BCUT2D eigenvalue weighted by molar-refractivity contribution is -0.118. The van der Waals surface area contributed by atoms with E-state index >= 15 is 0 Å². The molecule has 0 aliphatic heterocycles. The van der Waals surface area contributed by atoms with Gasteiger partial charge in [-0.05, 0) is 23.0 Å². The third-order valence-electron chi connectivity index (χ3n) is 2.83. The van der Waals surface area contributed by atoms with Crippen LogP contribution in [0.5, 0.6) is 0 Å². The van der Waals surface area contributed by atoms with Gasteiger partial charge in [-0.2, -0.15) is 0 Å². The van der Waals surface area contributed by atoms with E-state index in [9.17, 15) is 9.90 Å². The second kappa shape index (κ2) is 5.32. The molecule has 1 unspecified atom stereocenters. The smallest absolute Gasteiger partial charge is 0.217 e. The summed E-state index contributed by atoms with van der Waals surface area (Å²) in [5.74, 6) is -0.379. The summed E-state index contributed by atoms with van der Waals surface area (Å²) in [6.07, 6.45) is -0.0247. The number of primary amides is 1. The highest BCUT2D eigenvalue weighted by Gasteiger charge is 2.14. The van der Waals surface area contributed by atoms with Crippen molar-refractivity contribution >= 4 is 5.91 Å². The van der Waals surface area contributed by atoms with Crippen LogP contribution >= 0.6 is 0 Å². The second-order valence-corrected chi connectivity index (χ2v) is 5.39. The molecule has 0 saturated carbocycles. The maximum atomic E-state index is 10.6. The van der Waals surface area contributed by atoms with E-state index in [0.29, 0.717) is 6.42 Å². The Balaban J connectivity index is 2.70. The molecule has 0 aliphatic carbocycles. The molecule has 3 N–H and O–H groups in total. The van der Waals surface area contributed by atoms with Crippen LogP contribution in [0.2, 0.25) is 0 Å². The Morgan fingerprint density at radius 3 is 2.24 bits per heavy atom. The number of rotatable bonds is 4. The van der Waals surface area contributed by atoms with Crippen molar-refractivity contribution in [1.29, 1.82) is 0 Å². The van der Waals surface area contributed by atoms with Crippen LogP contribution in [0, 0.1) is 0 Å². The summed E-state index contributed by atoms with van der Waals surface area (Å²) in [7, 11) is 0. The van der Waals surface area contributed by atoms with Crippen LogP contribution in [0.25, 0.3) is 0 Å². The monoisotopic (exact) mass is 235 g/mol. The van der Waals surface area contributed by atoms with Crippen molar-refractivity contribution in [3.63, 3.8) is 0 Å². The fourth-order valence-electron chi connectivity index (χ4n) is 1.65. The average Bonchev–Trinajstić information content (AvgIpc) is 2.25. The van der Waals surface area contributed by atoms with Crippen molar-refractivity contribution in [2.45, 2.75) is 45.1 Å². The topological polar surface area (TPSA) is 63.3 Å². The first-order valence-electron chi connectivity index (χ1n) is 5.87. The Labute approximate surface area is 103 Å². The summed E-state index contributed by atoms with van der Waals surface area (Å²) in [5, 5.41) is 9.86. The molecule has 1 amide bonds. The molecule has 0 bridgehead atoms. The SMILES string of the molecule is CC(C)(C)c1ccc(C(O)CCC(N)=O)cc1. The number of carbonyl (C=O) groups is 1. The largest absolute Gasteiger partial charge is 0.388 e. The van der Waals surface area contributed by atoms with E-state index in [-0.39, 0.29) is 17.7 Å². The Morgan fingerprint density at radius 1 is 1.29 bits per heavy atom. The van der Waals surface area contributed by atoms with Gasteiger partial charge in [0.25, 0.3) is 0 Å². The number of aliphatic hydroxyl groups excluding tert-OH is 1. The van der Waals surface area contributed by atoms with E-state index < -0.39 is 6.10 Å². The first kappa shape index (κ1) is 13.7. The average molecular weight is 235 g/mol. The molecule has 0 saturated heterocycles. The first-order valence-corrected chi connectivity index (χ1v) is 5.87. The Morgan fingerprint density at radius 2 is 1.82 bits per heavy atom. The van der Waals surface area contributed by atoms with E-state index in [1.807, 2.05) is 24.3 Å². The molecule has 3 heteroatoms. The van der Waals surface area contributed by atoms with E-state index in [4.69, 9.17) is 5.73 Å². The minimum Gasteiger partial charge on any atom is -0.388 e. The van der Waals surface area contributed by atoms with Gasteiger partial charge in [0, 0.05) is 6.42 Å². The molecule has 0 aliphatic rings.